The molecule has 10 heteroatoms. The number of aromatic carboxylic acids is 2. The van der Waals surface area contributed by atoms with Gasteiger partial charge in [0, 0.05) is 62.6 Å². The Morgan fingerprint density at radius 2 is 0.980 bits per heavy atom. The molecule has 2 amide bonds. The minimum absolute atomic E-state index is 0.160. The lowest BCUT2D eigenvalue weighted by Crippen LogP contribution is -2.15. The second-order valence-corrected chi connectivity index (χ2v) is 12.5. The molecule has 0 saturated carbocycles. The molecule has 6 N–H and O–H groups in total. The van der Waals surface area contributed by atoms with E-state index in [0.29, 0.717) is 40.1 Å². The molecule has 0 spiro atoms. The van der Waals surface area contributed by atoms with Gasteiger partial charge in [0.15, 0.2) is 0 Å². The minimum Gasteiger partial charge on any atom is -0.478 e. The molecule has 0 radical (unpaired) electrons. The number of carboxylic acid groups (broad SMARTS) is 2. The third kappa shape index (κ3) is 6.19. The number of aromatic nitrogens is 2. The summed E-state index contributed by atoms with van der Waals surface area (Å²) in [5.74, 6) is -2.45. The van der Waals surface area contributed by atoms with Gasteiger partial charge in [-0.15, -0.1) is 0 Å². The van der Waals surface area contributed by atoms with Gasteiger partial charge >= 0.3 is 11.9 Å². The molecule has 10 nitrogen and oxygen atoms in total. The van der Waals surface area contributed by atoms with E-state index in [-0.39, 0.29) is 22.9 Å². The average Bonchev–Trinajstić information content (AvgIpc) is 3.76. The van der Waals surface area contributed by atoms with Crippen LogP contribution in [0.5, 0.6) is 0 Å². The highest BCUT2D eigenvalue weighted by atomic mass is 16.4. The molecule has 0 bridgehead atoms. The van der Waals surface area contributed by atoms with Crippen molar-refractivity contribution in [3.63, 3.8) is 0 Å². The Hall–Kier alpha value is -6.68. The molecule has 2 aliphatic rings. The number of benzene rings is 2. The van der Waals surface area contributed by atoms with Crippen molar-refractivity contribution in [2.45, 2.75) is 34.1 Å². The highest BCUT2D eigenvalue weighted by molar-refractivity contribution is 6.02. The van der Waals surface area contributed by atoms with Crippen molar-refractivity contribution in [1.82, 2.24) is 20.6 Å². The number of hydrogen-bond acceptors (Lipinski definition) is 4. The van der Waals surface area contributed by atoms with E-state index < -0.39 is 11.9 Å². The van der Waals surface area contributed by atoms with E-state index in [0.717, 1.165) is 56.2 Å². The molecule has 256 valence electrons. The van der Waals surface area contributed by atoms with E-state index in [4.69, 9.17) is 0 Å². The highest BCUT2D eigenvalue weighted by Gasteiger charge is 2.26. The second kappa shape index (κ2) is 13.3. The maximum Gasteiger partial charge on any atom is 0.335 e. The van der Waals surface area contributed by atoms with Crippen molar-refractivity contribution in [1.29, 1.82) is 0 Å². The lowest BCUT2D eigenvalue weighted by atomic mass is 9.94. The minimum atomic E-state index is -1.03. The van der Waals surface area contributed by atoms with Crippen molar-refractivity contribution < 1.29 is 29.4 Å². The number of carbonyl (C=O) groups excluding carboxylic acids is 2. The monoisotopic (exact) mass is 680 g/mol. The van der Waals surface area contributed by atoms with E-state index in [1.807, 2.05) is 26.0 Å². The fourth-order valence-corrected chi connectivity index (χ4v) is 6.69. The third-order valence-electron chi connectivity index (χ3n) is 9.48. The lowest BCUT2D eigenvalue weighted by Gasteiger charge is -2.10. The number of rotatable bonds is 10. The third-order valence-corrected chi connectivity index (χ3v) is 9.48. The largest absolute Gasteiger partial charge is 0.478 e. The van der Waals surface area contributed by atoms with E-state index in [1.165, 1.54) is 0 Å². The van der Waals surface area contributed by atoms with Crippen molar-refractivity contribution in [3.8, 4) is 22.3 Å². The molecular formula is C41H36N4O6. The van der Waals surface area contributed by atoms with Gasteiger partial charge in [0.2, 0.25) is 0 Å². The summed E-state index contributed by atoms with van der Waals surface area (Å²) < 4.78 is 0. The Balaban J connectivity index is 1.54. The number of aromatic amines is 2. The van der Waals surface area contributed by atoms with Crippen LogP contribution in [-0.4, -0.2) is 43.9 Å². The molecule has 4 aromatic rings. The Morgan fingerprint density at radius 3 is 1.29 bits per heavy atom. The predicted octanol–water partition coefficient (Wildman–Crippen LogP) is 7.23. The first-order valence-electron chi connectivity index (χ1n) is 16.2. The van der Waals surface area contributed by atoms with Crippen LogP contribution >= 0.6 is 0 Å². The number of hydrogen-bond donors (Lipinski definition) is 6. The summed E-state index contributed by atoms with van der Waals surface area (Å²) in [4.78, 5) is 55.5. The molecule has 0 fully saturated rings. The standard InChI is InChI=1S/C41H36N4O6/c1-7-28-20(3)38(46)44-32(28)17-30-22(5)36(24-9-13-26(14-10-24)40(48)49)34(42-30)19-35-37(25-11-15-27(16-12-25)41(50)51)23(6)31(43-35)18-33-29(8-2)21(4)39(47)45-33/h7-18,42-43H,1-2,19H2,3-6H3,(H,44,46)(H,45,47)(H,48,49)(H,50,51)/b32-17-,33-18-. The summed E-state index contributed by atoms with van der Waals surface area (Å²) in [5.41, 5.74) is 12.3. The molecule has 0 atom stereocenters. The summed E-state index contributed by atoms with van der Waals surface area (Å²) in [6.07, 6.45) is 7.38. The SMILES string of the molecule is C=CC1=C(C)C(=O)N/C1=C\c1[nH]c(Cc2[nH]c(/C=C3\NC(=O)C(C)=C3C=C)c(C)c2-c2ccc(C(=O)O)cc2)c(-c2ccc(C(=O)O)cc2)c1C. The van der Waals surface area contributed by atoms with E-state index in [2.05, 4.69) is 33.8 Å². The van der Waals surface area contributed by atoms with E-state index in [9.17, 15) is 29.4 Å². The van der Waals surface area contributed by atoms with E-state index >= 15 is 0 Å². The number of allylic oxidation sites excluding steroid dienone is 2. The number of H-pyrrole nitrogens is 2. The zero-order chi connectivity index (χ0) is 36.7. The summed E-state index contributed by atoms with van der Waals surface area (Å²) in [6, 6.07) is 13.3. The number of amides is 2. The molecule has 2 aromatic heterocycles. The maximum atomic E-state index is 12.5. The lowest BCUT2D eigenvalue weighted by molar-refractivity contribution is -0.117. The highest BCUT2D eigenvalue weighted by Crippen LogP contribution is 2.38. The van der Waals surface area contributed by atoms with Gasteiger partial charge in [0.25, 0.3) is 11.8 Å². The van der Waals surface area contributed by atoms with Gasteiger partial charge in [-0.25, -0.2) is 9.59 Å². The van der Waals surface area contributed by atoms with Gasteiger partial charge in [-0.1, -0.05) is 49.6 Å². The maximum absolute atomic E-state index is 12.5. The Bertz CT molecular complexity index is 2160. The fraction of sp³-hybridized carbons (Fsp3) is 0.122. The first-order chi connectivity index (χ1) is 24.3. The molecular weight excluding hydrogens is 644 g/mol. The topological polar surface area (TPSA) is 164 Å². The first-order valence-corrected chi connectivity index (χ1v) is 16.2. The molecule has 0 aliphatic carbocycles. The van der Waals surface area contributed by atoms with Crippen LogP contribution in [0.3, 0.4) is 0 Å². The zero-order valence-electron chi connectivity index (χ0n) is 28.6. The normalized spacial score (nSPS) is 15.9. The quantitative estimate of drug-likeness (QED) is 0.103. The number of carboxylic acids is 2. The molecule has 2 aromatic carbocycles. The van der Waals surface area contributed by atoms with Gasteiger partial charge in [-0.3, -0.25) is 9.59 Å². The average molecular weight is 681 g/mol. The molecule has 0 saturated heterocycles. The summed E-state index contributed by atoms with van der Waals surface area (Å²) in [5, 5.41) is 24.9. The number of nitrogens with one attached hydrogen (secondary N) is 4. The van der Waals surface area contributed by atoms with Crippen molar-refractivity contribution >= 4 is 35.9 Å². The Morgan fingerprint density at radius 1 is 0.627 bits per heavy atom. The summed E-state index contributed by atoms with van der Waals surface area (Å²) >= 11 is 0. The molecule has 4 heterocycles. The fourth-order valence-electron chi connectivity index (χ4n) is 6.69. The molecule has 6 rings (SSSR count). The van der Waals surface area contributed by atoms with Gasteiger partial charge in [0.1, 0.15) is 0 Å². The summed E-state index contributed by atoms with van der Waals surface area (Å²) in [7, 11) is 0. The predicted molar refractivity (Wildman–Crippen MR) is 197 cm³/mol. The molecule has 2 aliphatic heterocycles. The Kier molecular flexibility index (Phi) is 8.93. The summed E-state index contributed by atoms with van der Waals surface area (Å²) in [6.45, 7) is 15.2. The molecule has 51 heavy (non-hydrogen) atoms. The van der Waals surface area contributed by atoms with Crippen LogP contribution in [0.2, 0.25) is 0 Å². The van der Waals surface area contributed by atoms with Crippen LogP contribution in [0.25, 0.3) is 34.4 Å². The van der Waals surface area contributed by atoms with Crippen molar-refractivity contribution in [2.24, 2.45) is 0 Å². The van der Waals surface area contributed by atoms with Crippen LogP contribution in [0.1, 0.15) is 68.5 Å². The smallest absolute Gasteiger partial charge is 0.335 e. The first kappa shape index (κ1) is 34.2. The van der Waals surface area contributed by atoms with Crippen LogP contribution in [0, 0.1) is 13.8 Å². The molecule has 0 unspecified atom stereocenters. The van der Waals surface area contributed by atoms with Crippen LogP contribution in [-0.2, 0) is 16.0 Å². The zero-order valence-corrected chi connectivity index (χ0v) is 28.6. The van der Waals surface area contributed by atoms with Crippen LogP contribution in [0.4, 0.5) is 0 Å². The van der Waals surface area contributed by atoms with Crippen LogP contribution < -0.4 is 10.6 Å². The van der Waals surface area contributed by atoms with Crippen LogP contribution in [0.15, 0.2) is 108 Å². The number of carbonyl (C=O) groups is 4. The Labute approximate surface area is 294 Å². The van der Waals surface area contributed by atoms with E-state index in [1.54, 1.807) is 74.5 Å². The van der Waals surface area contributed by atoms with Gasteiger partial charge in [0.05, 0.1) is 22.5 Å². The van der Waals surface area contributed by atoms with Crippen molar-refractivity contribution in [3.05, 3.63) is 153 Å². The van der Waals surface area contributed by atoms with Gasteiger partial charge in [-0.05, 0) is 86.4 Å². The van der Waals surface area contributed by atoms with Gasteiger partial charge < -0.3 is 30.8 Å². The van der Waals surface area contributed by atoms with Crippen molar-refractivity contribution in [2.75, 3.05) is 0 Å². The second-order valence-electron chi connectivity index (χ2n) is 12.5. The van der Waals surface area contributed by atoms with Gasteiger partial charge in [-0.2, -0.15) is 0 Å².